The summed E-state index contributed by atoms with van der Waals surface area (Å²) in [4.78, 5) is 11.7. The van der Waals surface area contributed by atoms with Gasteiger partial charge in [0.15, 0.2) is 6.61 Å². The van der Waals surface area contributed by atoms with Crippen molar-refractivity contribution in [3.63, 3.8) is 0 Å². The van der Waals surface area contributed by atoms with Crippen molar-refractivity contribution in [2.75, 3.05) is 57.9 Å². The smallest absolute Gasteiger partial charge is 0.262 e. The van der Waals surface area contributed by atoms with Gasteiger partial charge in [0.1, 0.15) is 42.5 Å². The number of carbonyl (C=O) groups is 1. The quantitative estimate of drug-likeness (QED) is 0.172. The SMILES string of the molecule is CC(NC[C@H](O)c1cc(O)cc2c1OCC(=O)N2)OCC[N+]12CCC(CC1)[C@@H](OC[C@@](O)(c1ccccc1)C1CCCC1)C2. The highest BCUT2D eigenvalue weighted by atomic mass is 16.5. The van der Waals surface area contributed by atoms with Gasteiger partial charge in [0, 0.05) is 36.9 Å². The fourth-order valence-electron chi connectivity index (χ4n) is 7.86. The van der Waals surface area contributed by atoms with E-state index in [1.54, 1.807) is 0 Å². The third kappa shape index (κ3) is 6.76. The Bertz CT molecular complexity index is 1280. The molecule has 2 aromatic rings. The second kappa shape index (κ2) is 13.3. The van der Waals surface area contributed by atoms with Crippen molar-refractivity contribution in [2.45, 2.75) is 69.5 Å². The van der Waals surface area contributed by atoms with E-state index in [0.29, 0.717) is 36.1 Å². The fourth-order valence-corrected chi connectivity index (χ4v) is 7.86. The van der Waals surface area contributed by atoms with E-state index in [0.717, 1.165) is 61.9 Å². The Hall–Kier alpha value is -2.73. The first-order valence-corrected chi connectivity index (χ1v) is 16.3. The Morgan fingerprint density at radius 1 is 1.14 bits per heavy atom. The Balaban J connectivity index is 0.995. The van der Waals surface area contributed by atoms with Crippen LogP contribution in [0.25, 0.3) is 0 Å². The minimum Gasteiger partial charge on any atom is -0.508 e. The van der Waals surface area contributed by atoms with Gasteiger partial charge >= 0.3 is 0 Å². The number of piperidine rings is 3. The van der Waals surface area contributed by atoms with Gasteiger partial charge in [-0.05, 0) is 37.3 Å². The number of hydrogen-bond acceptors (Lipinski definition) is 8. The summed E-state index contributed by atoms with van der Waals surface area (Å²) in [5.74, 6) is 0.793. The number of aliphatic hydroxyl groups excluding tert-OH is 1. The summed E-state index contributed by atoms with van der Waals surface area (Å²) in [6.45, 7) is 6.99. The number of aliphatic hydroxyl groups is 2. The van der Waals surface area contributed by atoms with E-state index in [4.69, 9.17) is 14.2 Å². The summed E-state index contributed by atoms with van der Waals surface area (Å²) in [5.41, 5.74) is 0.790. The first kappa shape index (κ1) is 31.3. The second-order valence-electron chi connectivity index (χ2n) is 13.3. The maximum atomic E-state index is 12.0. The molecule has 4 heterocycles. The lowest BCUT2D eigenvalue weighted by molar-refractivity contribution is -0.946. The molecule has 5 aliphatic rings. The number of hydrogen-bond donors (Lipinski definition) is 5. The zero-order valence-electron chi connectivity index (χ0n) is 25.7. The van der Waals surface area contributed by atoms with Gasteiger partial charge < -0.3 is 39.3 Å². The molecule has 2 bridgehead atoms. The maximum Gasteiger partial charge on any atom is 0.262 e. The van der Waals surface area contributed by atoms with Crippen LogP contribution in [-0.4, -0.2) is 90.6 Å². The average Bonchev–Trinajstić information content (AvgIpc) is 3.59. The Kier molecular flexibility index (Phi) is 9.47. The van der Waals surface area contributed by atoms with Crippen LogP contribution in [0.15, 0.2) is 42.5 Å². The number of nitrogens with zero attached hydrogens (tertiary/aromatic N) is 1. The van der Waals surface area contributed by atoms with E-state index in [9.17, 15) is 20.1 Å². The van der Waals surface area contributed by atoms with E-state index in [-0.39, 0.29) is 43.1 Å². The van der Waals surface area contributed by atoms with E-state index < -0.39 is 11.7 Å². The number of amides is 1. The zero-order valence-corrected chi connectivity index (χ0v) is 25.7. The zero-order chi connectivity index (χ0) is 30.7. The van der Waals surface area contributed by atoms with Gasteiger partial charge in [0.05, 0.1) is 38.1 Å². The van der Waals surface area contributed by atoms with Crippen LogP contribution in [0.2, 0.25) is 0 Å². The van der Waals surface area contributed by atoms with Gasteiger partial charge in [0.2, 0.25) is 0 Å². The predicted octanol–water partition coefficient (Wildman–Crippen LogP) is 3.41. The monoisotopic (exact) mass is 610 g/mol. The number of anilines is 1. The van der Waals surface area contributed by atoms with Crippen molar-refractivity contribution >= 4 is 11.6 Å². The summed E-state index contributed by atoms with van der Waals surface area (Å²) in [5, 5.41) is 38.8. The minimum atomic E-state index is -0.962. The van der Waals surface area contributed by atoms with Crippen LogP contribution in [0.3, 0.4) is 0 Å². The normalized spacial score (nSPS) is 27.7. The molecule has 4 fully saturated rings. The summed E-state index contributed by atoms with van der Waals surface area (Å²) in [6, 6.07) is 13.0. The van der Waals surface area contributed by atoms with Gasteiger partial charge in [-0.25, -0.2) is 0 Å². The molecule has 1 unspecified atom stereocenters. The minimum absolute atomic E-state index is 0.0577. The third-order valence-corrected chi connectivity index (χ3v) is 10.5. The lowest BCUT2D eigenvalue weighted by Crippen LogP contribution is -2.65. The van der Waals surface area contributed by atoms with Crippen LogP contribution in [-0.2, 0) is 19.9 Å². The number of rotatable bonds is 13. The second-order valence-corrected chi connectivity index (χ2v) is 13.3. The lowest BCUT2D eigenvalue weighted by atomic mass is 9.80. The Morgan fingerprint density at radius 2 is 1.89 bits per heavy atom. The van der Waals surface area contributed by atoms with Gasteiger partial charge in [-0.1, -0.05) is 43.2 Å². The molecule has 5 N–H and O–H groups in total. The van der Waals surface area contributed by atoms with Crippen LogP contribution in [0, 0.1) is 11.8 Å². The lowest BCUT2D eigenvalue weighted by Gasteiger charge is -2.53. The molecular formula is C34H48N3O7+. The number of ether oxygens (including phenoxy) is 3. The highest BCUT2D eigenvalue weighted by molar-refractivity contribution is 5.96. The van der Waals surface area contributed by atoms with E-state index in [2.05, 4.69) is 10.6 Å². The molecule has 4 atom stereocenters. The highest BCUT2D eigenvalue weighted by Gasteiger charge is 2.48. The molecule has 7 rings (SSSR count). The molecule has 2 aromatic carbocycles. The molecule has 10 heteroatoms. The standard InChI is InChI=1S/C34H47N3O7/c1-23(35-19-30(39)28-17-27(38)18-29-33(28)43-21-32(40)36-29)42-16-15-37-13-11-24(12-14-37)31(20-37)44-22-34(41,26-9-5-6-10-26)25-7-3-2-4-8-25/h2-4,7-8,17-18,23-24,26,30-31,35,39,41H,5-6,9-16,19-22H2,1H3,(H-,36,38,40)/p+1/t23?,24?,30-,31-,34+,37?/m0/s1. The van der Waals surface area contributed by atoms with Crippen molar-refractivity contribution in [1.82, 2.24) is 5.32 Å². The molecule has 240 valence electrons. The molecule has 0 radical (unpaired) electrons. The van der Waals surface area contributed by atoms with E-state index >= 15 is 0 Å². The van der Waals surface area contributed by atoms with Crippen LogP contribution in [0.5, 0.6) is 11.5 Å². The Labute approximate surface area is 259 Å². The number of fused-ring (bicyclic) bond motifs is 4. The molecule has 4 aliphatic heterocycles. The number of phenolic OH excluding ortho intramolecular Hbond substituents is 1. The van der Waals surface area contributed by atoms with Gasteiger partial charge in [-0.15, -0.1) is 0 Å². The molecule has 1 amide bonds. The molecule has 10 nitrogen and oxygen atoms in total. The first-order valence-electron chi connectivity index (χ1n) is 16.3. The van der Waals surface area contributed by atoms with Gasteiger partial charge in [0.25, 0.3) is 5.91 Å². The highest BCUT2D eigenvalue weighted by Crippen LogP contribution is 2.43. The van der Waals surface area contributed by atoms with Gasteiger partial charge in [-0.3, -0.25) is 10.1 Å². The van der Waals surface area contributed by atoms with Crippen molar-refractivity contribution in [3.8, 4) is 11.5 Å². The number of carbonyl (C=O) groups excluding carboxylic acids is 1. The Morgan fingerprint density at radius 3 is 2.64 bits per heavy atom. The number of nitrogens with one attached hydrogen (secondary N) is 2. The predicted molar refractivity (Wildman–Crippen MR) is 165 cm³/mol. The fraction of sp³-hybridized carbons (Fsp3) is 0.618. The molecule has 0 spiro atoms. The van der Waals surface area contributed by atoms with Crippen molar-refractivity contribution in [1.29, 1.82) is 0 Å². The van der Waals surface area contributed by atoms with Crippen LogP contribution in [0.1, 0.15) is 62.7 Å². The van der Waals surface area contributed by atoms with Gasteiger partial charge in [-0.2, -0.15) is 0 Å². The van der Waals surface area contributed by atoms with E-state index in [1.807, 2.05) is 37.3 Å². The van der Waals surface area contributed by atoms with Crippen LogP contribution >= 0.6 is 0 Å². The maximum absolute atomic E-state index is 12.0. The van der Waals surface area contributed by atoms with Crippen LogP contribution in [0.4, 0.5) is 5.69 Å². The van der Waals surface area contributed by atoms with Crippen molar-refractivity contribution < 1.29 is 38.8 Å². The summed E-state index contributed by atoms with van der Waals surface area (Å²) in [7, 11) is 0. The number of quaternary nitrogens is 1. The average molecular weight is 611 g/mol. The molecule has 1 aliphatic carbocycles. The number of phenols is 1. The summed E-state index contributed by atoms with van der Waals surface area (Å²) < 4.78 is 19.3. The summed E-state index contributed by atoms with van der Waals surface area (Å²) in [6.07, 6.45) is 5.59. The molecule has 1 saturated carbocycles. The van der Waals surface area contributed by atoms with Crippen LogP contribution < -0.4 is 15.4 Å². The largest absolute Gasteiger partial charge is 0.508 e. The van der Waals surface area contributed by atoms with Crippen molar-refractivity contribution in [2.24, 2.45) is 11.8 Å². The van der Waals surface area contributed by atoms with E-state index in [1.165, 1.54) is 25.0 Å². The third-order valence-electron chi connectivity index (χ3n) is 10.5. The summed E-state index contributed by atoms with van der Waals surface area (Å²) >= 11 is 0. The molecular weight excluding hydrogens is 562 g/mol. The number of benzene rings is 2. The molecule has 44 heavy (non-hydrogen) atoms. The number of aromatic hydroxyl groups is 1. The first-order chi connectivity index (χ1) is 21.2. The topological polar surface area (TPSA) is 130 Å². The molecule has 3 saturated heterocycles. The van der Waals surface area contributed by atoms with Crippen molar-refractivity contribution in [3.05, 3.63) is 53.6 Å². The molecule has 0 aromatic heterocycles.